The van der Waals surface area contributed by atoms with Crippen molar-refractivity contribution >= 4 is 56.9 Å². The van der Waals surface area contributed by atoms with Crippen molar-refractivity contribution in [1.29, 1.82) is 0 Å². The number of aryl methyl sites for hydroxylation is 4. The lowest BCUT2D eigenvalue weighted by Gasteiger charge is -2.31. The van der Waals surface area contributed by atoms with Gasteiger partial charge in [0.15, 0.2) is 0 Å². The van der Waals surface area contributed by atoms with Crippen LogP contribution in [0.3, 0.4) is 0 Å². The molecule has 0 saturated carbocycles. The largest absolute Gasteiger partial charge is 0.354 e. The number of anilines is 10. The van der Waals surface area contributed by atoms with Crippen LogP contribution >= 0.6 is 0 Å². The minimum Gasteiger partial charge on any atom is -0.354 e. The quantitative estimate of drug-likeness (QED) is 0.129. The summed E-state index contributed by atoms with van der Waals surface area (Å²) in [5, 5.41) is 7.71. The fourth-order valence-electron chi connectivity index (χ4n) is 8.17. The lowest BCUT2D eigenvalue weighted by molar-refractivity contribution is 1.23. The fourth-order valence-corrected chi connectivity index (χ4v) is 8.17. The Hall–Kier alpha value is -7.82. The second-order valence-electron chi connectivity index (χ2n) is 15.8. The summed E-state index contributed by atoms with van der Waals surface area (Å²) in [6.07, 6.45) is 0. The number of hydrogen-bond acceptors (Lipinski definition) is 4. The summed E-state index contributed by atoms with van der Waals surface area (Å²) < 4.78 is 0. The van der Waals surface area contributed by atoms with Crippen molar-refractivity contribution in [2.75, 3.05) is 20.4 Å². The first-order valence-corrected chi connectivity index (χ1v) is 21.3. The highest BCUT2D eigenvalue weighted by atomic mass is 15.2. The van der Waals surface area contributed by atoms with Gasteiger partial charge in [-0.3, -0.25) is 0 Å². The second kappa shape index (κ2) is 17.8. The minimum atomic E-state index is 1.02. The van der Waals surface area contributed by atoms with E-state index >= 15 is 0 Å². The fraction of sp³-hybridized carbons (Fsp3) is 0.0690. The Morgan fingerprint density at radius 2 is 0.597 bits per heavy atom. The molecule has 9 rings (SSSR count). The molecule has 0 aliphatic heterocycles. The summed E-state index contributed by atoms with van der Waals surface area (Å²) in [5.41, 5.74) is 20.1. The summed E-state index contributed by atoms with van der Waals surface area (Å²) >= 11 is 0. The van der Waals surface area contributed by atoms with Gasteiger partial charge in [0.25, 0.3) is 0 Å². The summed E-state index contributed by atoms with van der Waals surface area (Å²) in [6, 6.07) is 77.8. The number of benzene rings is 9. The molecule has 0 aliphatic carbocycles. The van der Waals surface area contributed by atoms with Gasteiger partial charge >= 0.3 is 0 Å². The minimum absolute atomic E-state index is 1.02. The Morgan fingerprint density at radius 1 is 0.258 bits per heavy atom. The third-order valence-corrected chi connectivity index (χ3v) is 11.6. The molecule has 0 spiro atoms. The van der Waals surface area contributed by atoms with Gasteiger partial charge in [0.05, 0.1) is 22.7 Å². The third kappa shape index (κ3) is 8.32. The average molecular weight is 803 g/mol. The lowest BCUT2D eigenvalue weighted by Crippen LogP contribution is -2.15. The van der Waals surface area contributed by atoms with E-state index in [0.29, 0.717) is 0 Å². The van der Waals surface area contributed by atoms with E-state index < -0.39 is 0 Å². The first kappa shape index (κ1) is 39.6. The van der Waals surface area contributed by atoms with E-state index in [1.54, 1.807) is 0 Å². The number of para-hydroxylation sites is 6. The standard InChI is InChI=1S/C58H50N4/c1-41-31-33-47(45-21-7-5-8-22-45)39-53(41)59-51-25-13-17-29-57(51)61(55-27-15-11-19-43(55)3)49-35-37-50(38-36-49)62(56-28-16-12-20-44(56)4)58-30-18-14-26-52(58)60-54-40-48(34-32-42(54)2)46-23-9-6-10-24-46/h5-40,59-60H,1-4H3. The molecule has 0 saturated heterocycles. The Balaban J connectivity index is 1.12. The highest BCUT2D eigenvalue weighted by molar-refractivity contribution is 5.91. The molecule has 4 heteroatoms. The van der Waals surface area contributed by atoms with E-state index in [-0.39, 0.29) is 0 Å². The Labute approximate surface area is 366 Å². The molecule has 0 unspecified atom stereocenters. The van der Waals surface area contributed by atoms with Gasteiger partial charge in [0, 0.05) is 34.1 Å². The van der Waals surface area contributed by atoms with E-state index in [2.05, 4.69) is 267 Å². The molecule has 302 valence electrons. The number of rotatable bonds is 12. The van der Waals surface area contributed by atoms with Crippen LogP contribution in [0.4, 0.5) is 56.9 Å². The Bertz CT molecular complexity index is 2750. The molecule has 0 radical (unpaired) electrons. The van der Waals surface area contributed by atoms with Gasteiger partial charge in [-0.15, -0.1) is 0 Å². The van der Waals surface area contributed by atoms with Crippen molar-refractivity contribution in [2.45, 2.75) is 27.7 Å². The maximum absolute atomic E-state index is 3.86. The maximum Gasteiger partial charge on any atom is 0.0696 e. The van der Waals surface area contributed by atoms with Gasteiger partial charge in [-0.2, -0.15) is 0 Å². The molecule has 0 heterocycles. The number of nitrogens with one attached hydrogen (secondary N) is 2. The van der Waals surface area contributed by atoms with Crippen LogP contribution in [0.2, 0.25) is 0 Å². The topological polar surface area (TPSA) is 30.5 Å². The monoisotopic (exact) mass is 802 g/mol. The molecule has 9 aromatic carbocycles. The number of nitrogens with zero attached hydrogens (tertiary/aromatic N) is 2. The first-order valence-electron chi connectivity index (χ1n) is 21.3. The molecule has 0 amide bonds. The molecule has 4 nitrogen and oxygen atoms in total. The van der Waals surface area contributed by atoms with E-state index in [1.807, 2.05) is 0 Å². The molecule has 0 atom stereocenters. The smallest absolute Gasteiger partial charge is 0.0696 e. The number of hydrogen-bond donors (Lipinski definition) is 2. The Kier molecular flexibility index (Phi) is 11.4. The van der Waals surface area contributed by atoms with Crippen LogP contribution in [0.15, 0.2) is 218 Å². The molecule has 0 aliphatic rings. The second-order valence-corrected chi connectivity index (χ2v) is 15.8. The average Bonchev–Trinajstić information content (AvgIpc) is 3.31. The van der Waals surface area contributed by atoms with Gasteiger partial charge in [-0.1, -0.05) is 146 Å². The summed E-state index contributed by atoms with van der Waals surface area (Å²) in [6.45, 7) is 8.69. The van der Waals surface area contributed by atoms with E-state index in [4.69, 9.17) is 0 Å². The SMILES string of the molecule is Cc1ccc(-c2ccccc2)cc1Nc1ccccc1N(c1ccc(N(c2ccccc2C)c2ccccc2Nc2cc(-c3ccccc3)ccc2C)cc1)c1ccccc1C. The molecule has 0 bridgehead atoms. The van der Waals surface area contributed by atoms with Gasteiger partial charge in [0.1, 0.15) is 0 Å². The molecule has 62 heavy (non-hydrogen) atoms. The van der Waals surface area contributed by atoms with Gasteiger partial charge < -0.3 is 20.4 Å². The van der Waals surface area contributed by atoms with Crippen LogP contribution in [0.5, 0.6) is 0 Å². The van der Waals surface area contributed by atoms with Crippen molar-refractivity contribution in [1.82, 2.24) is 0 Å². The maximum atomic E-state index is 3.86. The summed E-state index contributed by atoms with van der Waals surface area (Å²) in [7, 11) is 0. The predicted molar refractivity (Wildman–Crippen MR) is 265 cm³/mol. The third-order valence-electron chi connectivity index (χ3n) is 11.6. The van der Waals surface area contributed by atoms with Crippen molar-refractivity contribution in [3.05, 3.63) is 241 Å². The van der Waals surface area contributed by atoms with Crippen LogP contribution in [-0.2, 0) is 0 Å². The zero-order valence-corrected chi connectivity index (χ0v) is 35.7. The summed E-state index contributed by atoms with van der Waals surface area (Å²) in [5.74, 6) is 0. The first-order chi connectivity index (χ1) is 30.4. The van der Waals surface area contributed by atoms with Gasteiger partial charge in [-0.05, 0) is 145 Å². The van der Waals surface area contributed by atoms with Crippen LogP contribution in [0, 0.1) is 27.7 Å². The van der Waals surface area contributed by atoms with E-state index in [1.165, 1.54) is 44.5 Å². The van der Waals surface area contributed by atoms with Gasteiger partial charge in [0.2, 0.25) is 0 Å². The van der Waals surface area contributed by atoms with E-state index in [9.17, 15) is 0 Å². The summed E-state index contributed by atoms with van der Waals surface area (Å²) in [4.78, 5) is 4.74. The molecular weight excluding hydrogens is 753 g/mol. The highest BCUT2D eigenvalue weighted by Gasteiger charge is 2.22. The van der Waals surface area contributed by atoms with Crippen molar-refractivity contribution < 1.29 is 0 Å². The molecule has 0 aromatic heterocycles. The van der Waals surface area contributed by atoms with Crippen molar-refractivity contribution in [3.8, 4) is 22.3 Å². The molecular formula is C58H50N4. The normalized spacial score (nSPS) is 10.9. The molecule has 2 N–H and O–H groups in total. The van der Waals surface area contributed by atoms with E-state index in [0.717, 1.165) is 56.9 Å². The molecule has 0 fully saturated rings. The lowest BCUT2D eigenvalue weighted by atomic mass is 10.0. The van der Waals surface area contributed by atoms with Gasteiger partial charge in [-0.25, -0.2) is 0 Å². The van der Waals surface area contributed by atoms with Crippen molar-refractivity contribution in [2.24, 2.45) is 0 Å². The Morgan fingerprint density at radius 3 is 0.984 bits per heavy atom. The van der Waals surface area contributed by atoms with Crippen LogP contribution in [0.25, 0.3) is 22.3 Å². The molecule has 9 aromatic rings. The van der Waals surface area contributed by atoms with Crippen LogP contribution < -0.4 is 20.4 Å². The van der Waals surface area contributed by atoms with Crippen molar-refractivity contribution in [3.63, 3.8) is 0 Å². The highest BCUT2D eigenvalue weighted by Crippen LogP contribution is 2.45. The van der Waals surface area contributed by atoms with Crippen LogP contribution in [0.1, 0.15) is 22.3 Å². The zero-order valence-electron chi connectivity index (χ0n) is 35.7. The predicted octanol–water partition coefficient (Wildman–Crippen LogP) is 16.7. The zero-order chi connectivity index (χ0) is 42.4. The van der Waals surface area contributed by atoms with Crippen LogP contribution in [-0.4, -0.2) is 0 Å².